The zero-order valence-electron chi connectivity index (χ0n) is 20.5. The van der Waals surface area contributed by atoms with Crippen LogP contribution in [0.4, 0.5) is 11.6 Å². The second-order valence-corrected chi connectivity index (χ2v) is 13.2. The van der Waals surface area contributed by atoms with Crippen LogP contribution >= 0.6 is 39.1 Å². The third-order valence-corrected chi connectivity index (χ3v) is 9.94. The molecule has 2 aliphatic rings. The van der Waals surface area contributed by atoms with Crippen LogP contribution in [-0.2, 0) is 31.6 Å². The van der Waals surface area contributed by atoms with Crippen LogP contribution in [0.1, 0.15) is 25.3 Å². The zero-order valence-corrected chi connectivity index (χ0v) is 24.4. The van der Waals surface area contributed by atoms with Crippen molar-refractivity contribution in [1.29, 1.82) is 0 Å². The van der Waals surface area contributed by atoms with Crippen LogP contribution in [0.3, 0.4) is 0 Å². The third-order valence-electron chi connectivity index (χ3n) is 7.10. The molecule has 0 saturated carbocycles. The summed E-state index contributed by atoms with van der Waals surface area (Å²) in [7, 11) is -4.48. The van der Waals surface area contributed by atoms with E-state index in [0.717, 1.165) is 20.5 Å². The quantitative estimate of drug-likeness (QED) is 0.420. The lowest BCUT2D eigenvalue weighted by molar-refractivity contribution is -0.125. The second kappa shape index (κ2) is 9.60. The largest absolute Gasteiger partial charge is 0.426 e. The first-order valence-electron chi connectivity index (χ1n) is 11.7. The first-order chi connectivity index (χ1) is 18.3. The van der Waals surface area contributed by atoms with Gasteiger partial charge in [-0.25, -0.2) is 18.3 Å². The molecule has 39 heavy (non-hydrogen) atoms. The van der Waals surface area contributed by atoms with E-state index in [1.54, 1.807) is 6.92 Å². The van der Waals surface area contributed by atoms with Gasteiger partial charge in [0.1, 0.15) is 5.54 Å². The van der Waals surface area contributed by atoms with E-state index in [4.69, 9.17) is 35.5 Å². The lowest BCUT2D eigenvalue weighted by atomic mass is 9.92. The Labute approximate surface area is 243 Å². The van der Waals surface area contributed by atoms with E-state index in [2.05, 4.69) is 25.8 Å². The van der Waals surface area contributed by atoms with Gasteiger partial charge in [0.15, 0.2) is 5.03 Å². The van der Waals surface area contributed by atoms with Gasteiger partial charge in [-0.1, -0.05) is 56.1 Å². The highest BCUT2D eigenvalue weighted by Crippen LogP contribution is 2.46. The number of anilines is 2. The van der Waals surface area contributed by atoms with Crippen LogP contribution in [-0.4, -0.2) is 46.3 Å². The van der Waals surface area contributed by atoms with Crippen molar-refractivity contribution < 1.29 is 18.0 Å². The number of nitrogens with two attached hydrogens (primary N) is 1. The van der Waals surface area contributed by atoms with Crippen molar-refractivity contribution in [3.05, 3.63) is 73.6 Å². The van der Waals surface area contributed by atoms with Crippen molar-refractivity contribution >= 4 is 72.6 Å². The Balaban J connectivity index is 1.73. The summed E-state index contributed by atoms with van der Waals surface area (Å²) in [6, 6.07) is 11.9. The minimum atomic E-state index is -4.48. The first kappa shape index (κ1) is 27.6. The molecule has 2 amide bonds. The molecule has 202 valence electrons. The van der Waals surface area contributed by atoms with E-state index in [1.807, 2.05) is 24.3 Å². The number of amides is 2. The van der Waals surface area contributed by atoms with Gasteiger partial charge in [-0.05, 0) is 49.2 Å². The fraction of sp³-hybridized carbons (Fsp3) is 0.280. The van der Waals surface area contributed by atoms with Crippen LogP contribution in [0.15, 0.2) is 58.2 Å². The van der Waals surface area contributed by atoms with Crippen molar-refractivity contribution in [1.82, 2.24) is 13.9 Å². The molecule has 2 aliphatic heterocycles. The smallest absolute Gasteiger partial charge is 0.361 e. The molecule has 14 heteroatoms. The van der Waals surface area contributed by atoms with Gasteiger partial charge in [0.2, 0.25) is 5.95 Å². The summed E-state index contributed by atoms with van der Waals surface area (Å²) in [4.78, 5) is 35.8. The summed E-state index contributed by atoms with van der Waals surface area (Å²) in [6.07, 6.45) is 1.61. The van der Waals surface area contributed by atoms with Crippen molar-refractivity contribution in [2.45, 2.75) is 42.4 Å². The Morgan fingerprint density at radius 3 is 2.44 bits per heavy atom. The molecule has 0 radical (unpaired) electrons. The fourth-order valence-corrected chi connectivity index (χ4v) is 7.96. The van der Waals surface area contributed by atoms with E-state index in [1.165, 1.54) is 27.7 Å². The number of rotatable bonds is 6. The summed E-state index contributed by atoms with van der Waals surface area (Å²) in [5.74, 6) is -1.39. The van der Waals surface area contributed by atoms with Gasteiger partial charge in [0.05, 0.1) is 18.3 Å². The molecule has 3 aromatic rings. The first-order valence-corrected chi connectivity index (χ1v) is 14.7. The molecule has 5 rings (SSSR count). The van der Waals surface area contributed by atoms with Gasteiger partial charge in [-0.15, -0.1) is 4.31 Å². The summed E-state index contributed by atoms with van der Waals surface area (Å²) < 4.78 is 31.4. The van der Waals surface area contributed by atoms with Crippen LogP contribution in [0.5, 0.6) is 0 Å². The maximum Gasteiger partial charge on any atom is 0.426 e. The van der Waals surface area contributed by atoms with Crippen molar-refractivity contribution in [2.24, 2.45) is 5.73 Å². The molecular formula is C25H22BrCl2N6O4S+. The lowest BCUT2D eigenvalue weighted by Gasteiger charge is -2.28. The molecule has 0 spiro atoms. The lowest BCUT2D eigenvalue weighted by Crippen LogP contribution is -2.54. The summed E-state index contributed by atoms with van der Waals surface area (Å²) in [5.41, 5.74) is 3.27. The zero-order chi connectivity index (χ0) is 28.3. The number of hydrogen-bond acceptors (Lipinski definition) is 5. The fourth-order valence-electron chi connectivity index (χ4n) is 5.26. The van der Waals surface area contributed by atoms with Gasteiger partial charge in [-0.3, -0.25) is 14.2 Å². The number of carbonyl (C=O) groups excluding carboxylic acids is 2. The molecule has 1 saturated heterocycles. The number of benzene rings is 2. The number of primary amides is 1. The molecule has 0 bridgehead atoms. The highest BCUT2D eigenvalue weighted by molar-refractivity contribution is 9.10. The average Bonchev–Trinajstić information content (AvgIpc) is 3.56. The van der Waals surface area contributed by atoms with Crippen molar-refractivity contribution in [3.63, 3.8) is 0 Å². The maximum absolute atomic E-state index is 14.2. The Kier molecular flexibility index (Phi) is 6.80. The van der Waals surface area contributed by atoms with Crippen molar-refractivity contribution in [3.8, 4) is 6.57 Å². The van der Waals surface area contributed by atoms with E-state index < -0.39 is 33.0 Å². The number of sulfonamides is 1. The second-order valence-electron chi connectivity index (χ2n) is 9.57. The molecule has 0 aliphatic carbocycles. The van der Waals surface area contributed by atoms with E-state index in [0.29, 0.717) is 12.1 Å². The Bertz CT molecular complexity index is 1650. The SMILES string of the molecule is C#[N+][C@]1(C(N)=O)CCCN1S(=O)(=O)c1cnc2n1[C@](C)(Cc1ccc(Br)cc1)C(=O)N2c1cc(Cl)cc(Cl)c1. The van der Waals surface area contributed by atoms with Crippen LogP contribution in [0.25, 0.3) is 4.85 Å². The predicted octanol–water partition coefficient (Wildman–Crippen LogP) is 4.52. The maximum atomic E-state index is 14.2. The van der Waals surface area contributed by atoms with E-state index >= 15 is 0 Å². The highest BCUT2D eigenvalue weighted by atomic mass is 79.9. The highest BCUT2D eigenvalue weighted by Gasteiger charge is 2.63. The van der Waals surface area contributed by atoms with Gasteiger partial charge < -0.3 is 5.73 Å². The average molecular weight is 653 g/mol. The van der Waals surface area contributed by atoms with E-state index in [-0.39, 0.29) is 40.4 Å². The molecular weight excluding hydrogens is 631 g/mol. The topological polar surface area (TPSA) is 123 Å². The summed E-state index contributed by atoms with van der Waals surface area (Å²) in [6.45, 7) is 7.13. The van der Waals surface area contributed by atoms with Crippen LogP contribution in [0, 0.1) is 6.57 Å². The minimum Gasteiger partial charge on any atom is -0.361 e. The number of imidazole rings is 1. The molecule has 2 atom stereocenters. The number of fused-ring (bicyclic) bond motifs is 1. The molecule has 1 fully saturated rings. The third kappa shape index (κ3) is 4.24. The number of aromatic nitrogens is 2. The molecule has 2 N–H and O–H groups in total. The van der Waals surface area contributed by atoms with Crippen LogP contribution in [0.2, 0.25) is 10.0 Å². The number of hydrogen-bond donors (Lipinski definition) is 1. The predicted molar refractivity (Wildman–Crippen MR) is 151 cm³/mol. The molecule has 2 aromatic carbocycles. The number of carbonyl (C=O) groups is 2. The Hall–Kier alpha value is -2.95. The standard InChI is InChI=1S/C25H21BrCl2N6O4S/c1-24(13-15-4-6-16(26)7-5-15)22(36)33(19-11-17(27)10-18(28)12-19)23-31-14-20(34(23)24)39(37,38)32-9-3-8-25(32,30-2)21(29)35/h2,4-7,10-12,14H,3,8-9,13H2,1H3,(H-,29,35)/p+1/t24-,25-/m1/s1. The minimum absolute atomic E-state index is 0.0291. The Morgan fingerprint density at radius 1 is 1.21 bits per heavy atom. The monoisotopic (exact) mass is 651 g/mol. The normalized spacial score (nSPS) is 23.2. The number of nitrogens with zero attached hydrogens (tertiary/aromatic N) is 5. The number of halogens is 3. The van der Waals surface area contributed by atoms with Crippen molar-refractivity contribution in [2.75, 3.05) is 11.4 Å². The molecule has 3 heterocycles. The molecule has 10 nitrogen and oxygen atoms in total. The van der Waals surface area contributed by atoms with Gasteiger partial charge in [0, 0.05) is 27.5 Å². The van der Waals surface area contributed by atoms with E-state index in [9.17, 15) is 18.0 Å². The van der Waals surface area contributed by atoms with Gasteiger partial charge in [0.25, 0.3) is 22.5 Å². The summed E-state index contributed by atoms with van der Waals surface area (Å²) in [5, 5.41) is 0.258. The Morgan fingerprint density at radius 2 is 1.85 bits per heavy atom. The van der Waals surface area contributed by atoms with Gasteiger partial charge in [-0.2, -0.15) is 0 Å². The van der Waals surface area contributed by atoms with Crippen LogP contribution < -0.4 is 10.6 Å². The van der Waals surface area contributed by atoms with Gasteiger partial charge >= 0.3 is 11.6 Å². The summed E-state index contributed by atoms with van der Waals surface area (Å²) >= 11 is 15.9. The molecule has 1 aromatic heterocycles. The molecule has 0 unspecified atom stereocenters.